The van der Waals surface area contributed by atoms with Gasteiger partial charge in [0, 0.05) is 6.04 Å². The fourth-order valence-electron chi connectivity index (χ4n) is 2.28. The van der Waals surface area contributed by atoms with Gasteiger partial charge in [-0.25, -0.2) is 0 Å². The Morgan fingerprint density at radius 2 is 1.86 bits per heavy atom. The molecule has 0 amide bonds. The molecule has 0 aromatic rings. The van der Waals surface area contributed by atoms with Crippen molar-refractivity contribution in [1.82, 2.24) is 5.32 Å². The molecule has 1 aliphatic carbocycles. The predicted octanol–water partition coefficient (Wildman–Crippen LogP) is 3.11. The van der Waals surface area contributed by atoms with E-state index in [4.69, 9.17) is 0 Å². The maximum atomic E-state index is 12.2. The molecule has 0 spiro atoms. The van der Waals surface area contributed by atoms with E-state index in [0.29, 0.717) is 6.54 Å². The van der Waals surface area contributed by atoms with E-state index in [2.05, 4.69) is 5.32 Å². The minimum Gasteiger partial charge on any atom is -0.314 e. The van der Waals surface area contributed by atoms with Crippen molar-refractivity contribution in [3.63, 3.8) is 0 Å². The lowest BCUT2D eigenvalue weighted by Gasteiger charge is -2.25. The molecule has 0 aromatic heterocycles. The predicted molar refractivity (Wildman–Crippen MR) is 50.1 cm³/mol. The molecule has 1 N–H and O–H groups in total. The molecule has 0 aliphatic heterocycles. The van der Waals surface area contributed by atoms with E-state index >= 15 is 0 Å². The summed E-state index contributed by atoms with van der Waals surface area (Å²) in [6.07, 6.45) is -0.628. The first-order chi connectivity index (χ1) is 6.53. The summed E-state index contributed by atoms with van der Waals surface area (Å²) >= 11 is 0. The zero-order valence-corrected chi connectivity index (χ0v) is 8.53. The van der Waals surface area contributed by atoms with Crippen molar-refractivity contribution in [1.29, 1.82) is 0 Å². The highest BCUT2D eigenvalue weighted by Gasteiger charge is 2.35. The van der Waals surface area contributed by atoms with Gasteiger partial charge in [-0.05, 0) is 25.3 Å². The highest BCUT2D eigenvalue weighted by atomic mass is 19.4. The van der Waals surface area contributed by atoms with Crippen LogP contribution < -0.4 is 5.32 Å². The Morgan fingerprint density at radius 3 is 2.29 bits per heavy atom. The smallest absolute Gasteiger partial charge is 0.314 e. The summed E-state index contributed by atoms with van der Waals surface area (Å²) in [6, 6.07) is -0.359. The first kappa shape index (κ1) is 11.8. The highest BCUT2D eigenvalue weighted by molar-refractivity contribution is 4.82. The monoisotopic (exact) mass is 209 g/mol. The third kappa shape index (κ3) is 3.86. The second-order valence-corrected chi connectivity index (χ2v) is 4.03. The third-order valence-electron chi connectivity index (χ3n) is 2.89. The van der Waals surface area contributed by atoms with Gasteiger partial charge in [-0.1, -0.05) is 19.8 Å². The molecule has 14 heavy (non-hydrogen) atoms. The van der Waals surface area contributed by atoms with Gasteiger partial charge < -0.3 is 5.32 Å². The van der Waals surface area contributed by atoms with Crippen molar-refractivity contribution >= 4 is 0 Å². The maximum Gasteiger partial charge on any atom is 0.390 e. The molecule has 1 atom stereocenters. The van der Waals surface area contributed by atoms with Gasteiger partial charge in [0.05, 0.1) is 6.42 Å². The van der Waals surface area contributed by atoms with E-state index in [1.165, 1.54) is 0 Å². The van der Waals surface area contributed by atoms with Gasteiger partial charge in [-0.15, -0.1) is 0 Å². The minimum absolute atomic E-state index is 0.233. The molecule has 0 saturated heterocycles. The van der Waals surface area contributed by atoms with Crippen molar-refractivity contribution in [3.8, 4) is 0 Å². The molecular weight excluding hydrogens is 191 g/mol. The molecule has 1 aliphatic rings. The average Bonchev–Trinajstić information content (AvgIpc) is 2.52. The van der Waals surface area contributed by atoms with Crippen LogP contribution in [0.1, 0.15) is 39.0 Å². The van der Waals surface area contributed by atoms with Crippen LogP contribution in [-0.2, 0) is 0 Å². The normalized spacial score (nSPS) is 21.4. The number of nitrogens with one attached hydrogen (secondary N) is 1. The van der Waals surface area contributed by atoms with Crippen LogP contribution in [0.5, 0.6) is 0 Å². The van der Waals surface area contributed by atoms with Crippen LogP contribution in [0.4, 0.5) is 13.2 Å². The Balaban J connectivity index is 2.45. The molecular formula is C10H18F3N. The summed E-state index contributed by atoms with van der Waals surface area (Å²) < 4.78 is 36.7. The third-order valence-corrected chi connectivity index (χ3v) is 2.89. The first-order valence-electron chi connectivity index (χ1n) is 5.33. The summed E-state index contributed by atoms with van der Waals surface area (Å²) in [5.41, 5.74) is 0. The largest absolute Gasteiger partial charge is 0.390 e. The van der Waals surface area contributed by atoms with Gasteiger partial charge in [-0.3, -0.25) is 0 Å². The van der Waals surface area contributed by atoms with Gasteiger partial charge in [0.2, 0.25) is 0 Å². The molecule has 0 heterocycles. The van der Waals surface area contributed by atoms with Gasteiger partial charge in [0.15, 0.2) is 0 Å². The molecule has 4 heteroatoms. The van der Waals surface area contributed by atoms with Gasteiger partial charge in [-0.2, -0.15) is 13.2 Å². The zero-order valence-electron chi connectivity index (χ0n) is 8.53. The Morgan fingerprint density at radius 1 is 1.29 bits per heavy atom. The maximum absolute atomic E-state index is 12.2. The lowest BCUT2D eigenvalue weighted by Crippen LogP contribution is -2.38. The summed E-state index contributed by atoms with van der Waals surface area (Å²) in [7, 11) is 0. The van der Waals surface area contributed by atoms with E-state index in [1.54, 1.807) is 0 Å². The first-order valence-corrected chi connectivity index (χ1v) is 5.33. The van der Waals surface area contributed by atoms with Crippen molar-refractivity contribution in [2.24, 2.45) is 5.92 Å². The fourth-order valence-corrected chi connectivity index (χ4v) is 2.28. The summed E-state index contributed by atoms with van der Waals surface area (Å²) in [5, 5.41) is 2.96. The molecule has 84 valence electrons. The number of hydrogen-bond donors (Lipinski definition) is 1. The van der Waals surface area contributed by atoms with Gasteiger partial charge >= 0.3 is 6.18 Å². The summed E-state index contributed by atoms with van der Waals surface area (Å²) in [4.78, 5) is 0. The van der Waals surface area contributed by atoms with E-state index in [9.17, 15) is 13.2 Å². The van der Waals surface area contributed by atoms with E-state index in [0.717, 1.165) is 25.7 Å². The number of hydrogen-bond acceptors (Lipinski definition) is 1. The van der Waals surface area contributed by atoms with E-state index in [1.807, 2.05) is 6.92 Å². The standard InChI is InChI=1S/C10H18F3N/c1-2-14-9(7-10(11,12)13)8-5-3-4-6-8/h8-9,14H,2-7H2,1H3. The molecule has 1 rings (SSSR count). The van der Waals surface area contributed by atoms with Crippen LogP contribution in [0.2, 0.25) is 0 Å². The van der Waals surface area contributed by atoms with Crippen LogP contribution in [0, 0.1) is 5.92 Å². The lowest BCUT2D eigenvalue weighted by atomic mass is 9.95. The highest BCUT2D eigenvalue weighted by Crippen LogP contribution is 2.33. The van der Waals surface area contributed by atoms with Crippen LogP contribution in [0.3, 0.4) is 0 Å². The molecule has 1 fully saturated rings. The Kier molecular flexibility index (Phi) is 4.23. The minimum atomic E-state index is -4.03. The molecule has 0 radical (unpaired) electrons. The Hall–Kier alpha value is -0.250. The second kappa shape index (κ2) is 5.01. The Labute approximate surface area is 83.1 Å². The number of halogens is 3. The number of alkyl halides is 3. The van der Waals surface area contributed by atoms with Gasteiger partial charge in [0.25, 0.3) is 0 Å². The molecule has 0 aromatic carbocycles. The van der Waals surface area contributed by atoms with Crippen LogP contribution in [-0.4, -0.2) is 18.8 Å². The average molecular weight is 209 g/mol. The van der Waals surface area contributed by atoms with Crippen molar-refractivity contribution in [2.45, 2.75) is 51.2 Å². The molecule has 1 saturated carbocycles. The van der Waals surface area contributed by atoms with Crippen molar-refractivity contribution in [3.05, 3.63) is 0 Å². The van der Waals surface area contributed by atoms with Crippen molar-refractivity contribution < 1.29 is 13.2 Å². The summed E-state index contributed by atoms with van der Waals surface area (Å²) in [5.74, 6) is 0.233. The second-order valence-electron chi connectivity index (χ2n) is 4.03. The van der Waals surface area contributed by atoms with Crippen molar-refractivity contribution in [2.75, 3.05) is 6.54 Å². The quantitative estimate of drug-likeness (QED) is 0.750. The van der Waals surface area contributed by atoms with Gasteiger partial charge in [0.1, 0.15) is 0 Å². The summed E-state index contributed by atoms with van der Waals surface area (Å²) in [6.45, 7) is 2.48. The number of rotatable bonds is 4. The lowest BCUT2D eigenvalue weighted by molar-refractivity contribution is -0.142. The van der Waals surface area contributed by atoms with E-state index < -0.39 is 12.6 Å². The van der Waals surface area contributed by atoms with E-state index in [-0.39, 0.29) is 12.0 Å². The topological polar surface area (TPSA) is 12.0 Å². The zero-order chi connectivity index (χ0) is 10.6. The molecule has 0 bridgehead atoms. The fraction of sp³-hybridized carbons (Fsp3) is 1.00. The van der Waals surface area contributed by atoms with Crippen LogP contribution in [0.15, 0.2) is 0 Å². The molecule has 1 nitrogen and oxygen atoms in total. The van der Waals surface area contributed by atoms with Crippen LogP contribution in [0.25, 0.3) is 0 Å². The molecule has 1 unspecified atom stereocenters. The van der Waals surface area contributed by atoms with Crippen LogP contribution >= 0.6 is 0 Å². The Bertz CT molecular complexity index is 161. The SMILES string of the molecule is CCNC(CC(F)(F)F)C1CCCC1.